The van der Waals surface area contributed by atoms with Gasteiger partial charge in [0.15, 0.2) is 0 Å². The Morgan fingerprint density at radius 3 is 2.64 bits per heavy atom. The molecule has 1 N–H and O–H groups in total. The van der Waals surface area contributed by atoms with Gasteiger partial charge in [-0.3, -0.25) is 4.79 Å². The lowest BCUT2D eigenvalue weighted by Gasteiger charge is -2.22. The van der Waals surface area contributed by atoms with E-state index in [9.17, 15) is 17.6 Å². The van der Waals surface area contributed by atoms with Crippen LogP contribution >= 0.6 is 0 Å². The summed E-state index contributed by atoms with van der Waals surface area (Å²) < 4.78 is 40.4. The van der Waals surface area contributed by atoms with Crippen molar-refractivity contribution < 1.29 is 17.6 Å². The minimum absolute atomic E-state index is 0.0792. The molecule has 1 aliphatic rings. The number of sulfonamides is 1. The van der Waals surface area contributed by atoms with Crippen LogP contribution in [0.5, 0.6) is 0 Å². The van der Waals surface area contributed by atoms with Crippen LogP contribution in [0, 0.1) is 12.7 Å². The average Bonchev–Trinajstić information content (AvgIpc) is 3.00. The summed E-state index contributed by atoms with van der Waals surface area (Å²) in [6.45, 7) is 2.88. The zero-order valence-corrected chi connectivity index (χ0v) is 14.7. The van der Waals surface area contributed by atoms with Gasteiger partial charge in [-0.05, 0) is 49.2 Å². The van der Waals surface area contributed by atoms with Gasteiger partial charge in [0.25, 0.3) is 5.91 Å². The number of halogens is 1. The number of nitrogens with zero attached hydrogens (tertiary/aromatic N) is 2. The van der Waals surface area contributed by atoms with E-state index in [0.717, 1.165) is 0 Å². The van der Waals surface area contributed by atoms with E-state index >= 15 is 0 Å². The summed E-state index contributed by atoms with van der Waals surface area (Å²) in [6.07, 6.45) is 2.23. The molecular weight excluding hydrogens is 345 g/mol. The van der Waals surface area contributed by atoms with Gasteiger partial charge in [0.1, 0.15) is 11.5 Å². The van der Waals surface area contributed by atoms with Crippen molar-refractivity contribution in [3.8, 4) is 0 Å². The van der Waals surface area contributed by atoms with Gasteiger partial charge in [0.05, 0.1) is 4.90 Å². The SMILES string of the molecule is Cc1cc(S(=O)(=O)N2CCCN(C(=O)c3ccc[nH]3)CC2)ccc1F. The molecule has 0 spiro atoms. The van der Waals surface area contributed by atoms with Crippen LogP contribution in [0.25, 0.3) is 0 Å². The Bertz CT molecular complexity index is 865. The number of hydrogen-bond acceptors (Lipinski definition) is 3. The van der Waals surface area contributed by atoms with E-state index in [1.54, 1.807) is 23.2 Å². The number of carbonyl (C=O) groups is 1. The molecule has 25 heavy (non-hydrogen) atoms. The number of amides is 1. The molecule has 1 fully saturated rings. The van der Waals surface area contributed by atoms with E-state index in [-0.39, 0.29) is 17.3 Å². The van der Waals surface area contributed by atoms with Crippen molar-refractivity contribution in [3.05, 3.63) is 53.6 Å². The quantitative estimate of drug-likeness (QED) is 0.904. The molecule has 0 saturated carbocycles. The molecule has 1 aromatic carbocycles. The molecule has 134 valence electrons. The third-order valence-electron chi connectivity index (χ3n) is 4.34. The molecule has 2 aromatic rings. The summed E-state index contributed by atoms with van der Waals surface area (Å²) in [4.78, 5) is 17.0. The highest BCUT2D eigenvalue weighted by atomic mass is 32.2. The third kappa shape index (κ3) is 3.59. The van der Waals surface area contributed by atoms with E-state index in [1.807, 2.05) is 0 Å². The van der Waals surface area contributed by atoms with Crippen molar-refractivity contribution >= 4 is 15.9 Å². The van der Waals surface area contributed by atoms with Crippen LogP contribution in [-0.4, -0.2) is 54.7 Å². The number of H-pyrrole nitrogens is 1. The topological polar surface area (TPSA) is 73.5 Å². The van der Waals surface area contributed by atoms with Crippen LogP contribution < -0.4 is 0 Å². The van der Waals surface area contributed by atoms with Gasteiger partial charge in [0.2, 0.25) is 10.0 Å². The molecule has 1 amide bonds. The predicted molar refractivity (Wildman–Crippen MR) is 91.2 cm³/mol. The van der Waals surface area contributed by atoms with E-state index in [2.05, 4.69) is 4.98 Å². The molecule has 2 heterocycles. The van der Waals surface area contributed by atoms with Crippen molar-refractivity contribution in [1.82, 2.24) is 14.2 Å². The summed E-state index contributed by atoms with van der Waals surface area (Å²) in [7, 11) is -3.71. The van der Waals surface area contributed by atoms with Gasteiger partial charge in [0, 0.05) is 32.4 Å². The highest BCUT2D eigenvalue weighted by Crippen LogP contribution is 2.20. The lowest BCUT2D eigenvalue weighted by molar-refractivity contribution is 0.0759. The second-order valence-electron chi connectivity index (χ2n) is 6.04. The fourth-order valence-corrected chi connectivity index (χ4v) is 4.45. The Morgan fingerprint density at radius 2 is 1.96 bits per heavy atom. The van der Waals surface area contributed by atoms with Crippen LogP contribution in [0.15, 0.2) is 41.4 Å². The first-order valence-corrected chi connectivity index (χ1v) is 9.52. The van der Waals surface area contributed by atoms with Crippen LogP contribution in [-0.2, 0) is 10.0 Å². The zero-order chi connectivity index (χ0) is 18.0. The molecule has 1 saturated heterocycles. The van der Waals surface area contributed by atoms with Gasteiger partial charge < -0.3 is 9.88 Å². The first-order valence-electron chi connectivity index (χ1n) is 8.08. The molecule has 6 nitrogen and oxygen atoms in total. The second kappa shape index (κ2) is 6.97. The van der Waals surface area contributed by atoms with Crippen LogP contribution in [0.3, 0.4) is 0 Å². The van der Waals surface area contributed by atoms with E-state index in [1.165, 1.54) is 29.4 Å². The molecule has 0 unspecified atom stereocenters. The zero-order valence-electron chi connectivity index (χ0n) is 13.9. The summed E-state index contributed by atoms with van der Waals surface area (Å²) in [5, 5.41) is 0. The number of nitrogens with one attached hydrogen (secondary N) is 1. The standard InChI is InChI=1S/C17H20FN3O3S/c1-13-12-14(5-6-15(13)18)25(23,24)21-9-3-8-20(10-11-21)17(22)16-4-2-7-19-16/h2,4-7,12,19H,3,8-11H2,1H3. The van der Waals surface area contributed by atoms with Crippen molar-refractivity contribution in [2.45, 2.75) is 18.2 Å². The Balaban J connectivity index is 1.76. The van der Waals surface area contributed by atoms with Crippen LogP contribution in [0.4, 0.5) is 4.39 Å². The number of hydrogen-bond donors (Lipinski definition) is 1. The van der Waals surface area contributed by atoms with Gasteiger partial charge in [-0.2, -0.15) is 4.31 Å². The number of aromatic nitrogens is 1. The number of aromatic amines is 1. The summed E-state index contributed by atoms with van der Waals surface area (Å²) in [6, 6.07) is 7.24. The van der Waals surface area contributed by atoms with E-state index < -0.39 is 15.8 Å². The first kappa shape index (κ1) is 17.6. The summed E-state index contributed by atoms with van der Waals surface area (Å²) in [5.41, 5.74) is 0.782. The van der Waals surface area contributed by atoms with Gasteiger partial charge in [-0.25, -0.2) is 12.8 Å². The maximum absolute atomic E-state index is 13.4. The normalized spacial score (nSPS) is 16.6. The molecule has 0 radical (unpaired) electrons. The maximum atomic E-state index is 13.4. The number of carbonyl (C=O) groups excluding carboxylic acids is 1. The molecule has 1 aliphatic heterocycles. The molecule has 0 aliphatic carbocycles. The summed E-state index contributed by atoms with van der Waals surface area (Å²) in [5.74, 6) is -0.570. The third-order valence-corrected chi connectivity index (χ3v) is 6.23. The van der Waals surface area contributed by atoms with Crippen LogP contribution in [0.1, 0.15) is 22.5 Å². The summed E-state index contributed by atoms with van der Waals surface area (Å²) >= 11 is 0. The first-order chi connectivity index (χ1) is 11.9. The number of rotatable bonds is 3. The fourth-order valence-electron chi connectivity index (χ4n) is 2.90. The van der Waals surface area contributed by atoms with E-state index in [4.69, 9.17) is 0 Å². The minimum atomic E-state index is -3.71. The largest absolute Gasteiger partial charge is 0.357 e. The predicted octanol–water partition coefficient (Wildman–Crippen LogP) is 2.00. The molecule has 0 bridgehead atoms. The lowest BCUT2D eigenvalue weighted by atomic mass is 10.2. The monoisotopic (exact) mass is 365 g/mol. The molecular formula is C17H20FN3O3S. The minimum Gasteiger partial charge on any atom is -0.357 e. The second-order valence-corrected chi connectivity index (χ2v) is 7.98. The maximum Gasteiger partial charge on any atom is 0.270 e. The van der Waals surface area contributed by atoms with Crippen molar-refractivity contribution in [1.29, 1.82) is 0 Å². The molecule has 1 aromatic heterocycles. The van der Waals surface area contributed by atoms with Crippen LogP contribution in [0.2, 0.25) is 0 Å². The average molecular weight is 365 g/mol. The van der Waals surface area contributed by atoms with Crippen molar-refractivity contribution in [2.24, 2.45) is 0 Å². The van der Waals surface area contributed by atoms with Crippen molar-refractivity contribution in [2.75, 3.05) is 26.2 Å². The van der Waals surface area contributed by atoms with Gasteiger partial charge in [-0.1, -0.05) is 0 Å². The number of aryl methyl sites for hydroxylation is 1. The van der Waals surface area contributed by atoms with Gasteiger partial charge >= 0.3 is 0 Å². The Kier molecular flexibility index (Phi) is 4.91. The highest BCUT2D eigenvalue weighted by molar-refractivity contribution is 7.89. The lowest BCUT2D eigenvalue weighted by Crippen LogP contribution is -2.37. The smallest absolute Gasteiger partial charge is 0.270 e. The molecule has 0 atom stereocenters. The van der Waals surface area contributed by atoms with Gasteiger partial charge in [-0.15, -0.1) is 0 Å². The number of benzene rings is 1. The Hall–Kier alpha value is -2.19. The van der Waals surface area contributed by atoms with E-state index in [0.29, 0.717) is 37.3 Å². The Morgan fingerprint density at radius 1 is 1.16 bits per heavy atom. The Labute approximate surface area is 146 Å². The molecule has 3 rings (SSSR count). The van der Waals surface area contributed by atoms with Crippen molar-refractivity contribution in [3.63, 3.8) is 0 Å². The fraction of sp³-hybridized carbons (Fsp3) is 0.353. The molecule has 8 heteroatoms. The highest BCUT2D eigenvalue weighted by Gasteiger charge is 2.29.